The van der Waals surface area contributed by atoms with E-state index in [1.807, 2.05) is 31.2 Å². The summed E-state index contributed by atoms with van der Waals surface area (Å²) in [4.78, 5) is 16.7. The summed E-state index contributed by atoms with van der Waals surface area (Å²) in [7, 11) is 0. The summed E-state index contributed by atoms with van der Waals surface area (Å²) in [5.74, 6) is 5.24. The van der Waals surface area contributed by atoms with E-state index in [4.69, 9.17) is 5.11 Å². The molecule has 0 radical (unpaired) electrons. The minimum atomic E-state index is -0.184. The van der Waals surface area contributed by atoms with E-state index >= 15 is 0 Å². The van der Waals surface area contributed by atoms with Crippen LogP contribution in [-0.2, 0) is 11.2 Å². The Bertz CT molecular complexity index is 666. The summed E-state index contributed by atoms with van der Waals surface area (Å²) in [6.45, 7) is 1.85. The van der Waals surface area contributed by atoms with Gasteiger partial charge < -0.3 is 10.4 Å². The van der Waals surface area contributed by atoms with Gasteiger partial charge in [0, 0.05) is 6.42 Å². The highest BCUT2D eigenvalue weighted by Gasteiger charge is 2.06. The van der Waals surface area contributed by atoms with Gasteiger partial charge in [0.2, 0.25) is 5.91 Å². The second-order valence-electron chi connectivity index (χ2n) is 4.52. The highest BCUT2D eigenvalue weighted by Crippen LogP contribution is 2.17. The zero-order valence-corrected chi connectivity index (χ0v) is 12.5. The Morgan fingerprint density at radius 2 is 2.14 bits per heavy atom. The van der Waals surface area contributed by atoms with Crippen molar-refractivity contribution in [2.24, 2.45) is 0 Å². The van der Waals surface area contributed by atoms with Crippen LogP contribution in [0, 0.1) is 18.8 Å². The van der Waals surface area contributed by atoms with Gasteiger partial charge in [-0.1, -0.05) is 53.0 Å². The fourth-order valence-corrected chi connectivity index (χ4v) is 2.42. The lowest BCUT2D eigenvalue weighted by molar-refractivity contribution is -0.116. The molecule has 0 atom stereocenters. The first kappa shape index (κ1) is 15.2. The van der Waals surface area contributed by atoms with E-state index in [2.05, 4.69) is 22.1 Å². The van der Waals surface area contributed by atoms with Crippen molar-refractivity contribution < 1.29 is 9.90 Å². The molecule has 0 unspecified atom stereocenters. The minimum absolute atomic E-state index is 0.0633. The zero-order chi connectivity index (χ0) is 15.1. The third kappa shape index (κ3) is 5.03. The zero-order valence-electron chi connectivity index (χ0n) is 11.7. The number of aliphatic hydroxyl groups is 1. The number of aryl methyl sites for hydroxylation is 2. The molecule has 1 aromatic heterocycles. The van der Waals surface area contributed by atoms with Crippen molar-refractivity contribution in [2.45, 2.75) is 19.8 Å². The fraction of sp³-hybridized carbons (Fsp3) is 0.250. The Morgan fingerprint density at radius 1 is 1.38 bits per heavy atom. The van der Waals surface area contributed by atoms with E-state index in [1.54, 1.807) is 6.20 Å². The average molecular weight is 300 g/mol. The lowest BCUT2D eigenvalue weighted by Crippen LogP contribution is -2.11. The molecular formula is C16H16N2O2S. The molecule has 1 aromatic carbocycles. The number of rotatable bonds is 4. The molecule has 4 nitrogen and oxygen atoms in total. The van der Waals surface area contributed by atoms with Gasteiger partial charge in [-0.05, 0) is 18.9 Å². The number of carbonyl (C=O) groups is 1. The maximum Gasteiger partial charge on any atom is 0.226 e. The number of hydrogen-bond acceptors (Lipinski definition) is 4. The van der Waals surface area contributed by atoms with Crippen molar-refractivity contribution in [1.29, 1.82) is 0 Å². The standard InChI is InChI=1S/C16H16N2O2S/c1-12-4-6-13(7-5-12)8-9-15(20)18-16-17-11-14(21-16)3-2-10-19/h4-7,11,19H,8-10H2,1H3,(H,17,18,20). The predicted molar refractivity (Wildman–Crippen MR) is 84.2 cm³/mol. The van der Waals surface area contributed by atoms with E-state index in [0.29, 0.717) is 18.0 Å². The summed E-state index contributed by atoms with van der Waals surface area (Å²) >= 11 is 1.30. The van der Waals surface area contributed by atoms with Gasteiger partial charge in [0.05, 0.1) is 11.1 Å². The lowest BCUT2D eigenvalue weighted by Gasteiger charge is -2.02. The number of nitrogens with one attached hydrogen (secondary N) is 1. The Balaban J connectivity index is 1.84. The van der Waals surface area contributed by atoms with Crippen LogP contribution >= 0.6 is 11.3 Å². The average Bonchev–Trinajstić information content (AvgIpc) is 2.92. The minimum Gasteiger partial charge on any atom is -0.384 e. The van der Waals surface area contributed by atoms with Gasteiger partial charge >= 0.3 is 0 Å². The van der Waals surface area contributed by atoms with E-state index in [-0.39, 0.29) is 12.5 Å². The molecule has 0 bridgehead atoms. The van der Waals surface area contributed by atoms with Crippen molar-refractivity contribution in [1.82, 2.24) is 4.98 Å². The predicted octanol–water partition coefficient (Wildman–Crippen LogP) is 2.37. The van der Waals surface area contributed by atoms with Gasteiger partial charge in [0.1, 0.15) is 6.61 Å². The first-order chi connectivity index (χ1) is 10.2. The number of aromatic nitrogens is 1. The van der Waals surface area contributed by atoms with Crippen LogP contribution in [-0.4, -0.2) is 22.6 Å². The van der Waals surface area contributed by atoms with E-state index in [0.717, 1.165) is 10.4 Å². The SMILES string of the molecule is Cc1ccc(CCC(=O)Nc2ncc(C#CCO)s2)cc1. The number of nitrogens with zero attached hydrogens (tertiary/aromatic N) is 1. The number of hydrogen-bond donors (Lipinski definition) is 2. The highest BCUT2D eigenvalue weighted by atomic mass is 32.1. The molecule has 0 aliphatic carbocycles. The van der Waals surface area contributed by atoms with Crippen LogP contribution in [0.3, 0.4) is 0 Å². The number of benzene rings is 1. The van der Waals surface area contributed by atoms with Crippen molar-refractivity contribution in [3.8, 4) is 11.8 Å². The van der Waals surface area contributed by atoms with Gasteiger partial charge in [-0.2, -0.15) is 0 Å². The summed E-state index contributed by atoms with van der Waals surface area (Å²) < 4.78 is 0. The van der Waals surface area contributed by atoms with E-state index in [9.17, 15) is 4.79 Å². The van der Waals surface area contributed by atoms with E-state index < -0.39 is 0 Å². The Hall–Kier alpha value is -2.16. The van der Waals surface area contributed by atoms with Crippen molar-refractivity contribution in [3.05, 3.63) is 46.5 Å². The third-order valence-electron chi connectivity index (χ3n) is 2.80. The molecule has 2 N–H and O–H groups in total. The van der Waals surface area contributed by atoms with Gasteiger partial charge in [-0.25, -0.2) is 4.98 Å². The number of amides is 1. The topological polar surface area (TPSA) is 62.2 Å². The van der Waals surface area contributed by atoms with Crippen molar-refractivity contribution in [2.75, 3.05) is 11.9 Å². The summed E-state index contributed by atoms with van der Waals surface area (Å²) in [5, 5.41) is 11.9. The lowest BCUT2D eigenvalue weighted by atomic mass is 10.1. The van der Waals surface area contributed by atoms with Crippen molar-refractivity contribution >= 4 is 22.4 Å². The number of anilines is 1. The Morgan fingerprint density at radius 3 is 2.86 bits per heavy atom. The molecule has 1 heterocycles. The Kier molecular flexibility index (Phi) is 5.50. The molecule has 21 heavy (non-hydrogen) atoms. The first-order valence-corrected chi connectivity index (χ1v) is 7.40. The molecule has 2 aromatic rings. The highest BCUT2D eigenvalue weighted by molar-refractivity contribution is 7.16. The number of aliphatic hydroxyl groups excluding tert-OH is 1. The molecule has 5 heteroatoms. The van der Waals surface area contributed by atoms with Crippen LogP contribution in [0.25, 0.3) is 0 Å². The summed E-state index contributed by atoms with van der Waals surface area (Å²) in [6.07, 6.45) is 2.71. The van der Waals surface area contributed by atoms with Crippen LogP contribution in [0.4, 0.5) is 5.13 Å². The molecule has 0 fully saturated rings. The van der Waals surface area contributed by atoms with Crippen LogP contribution in [0.2, 0.25) is 0 Å². The molecule has 0 spiro atoms. The second kappa shape index (κ2) is 7.58. The van der Waals surface area contributed by atoms with Gasteiger partial charge in [0.15, 0.2) is 5.13 Å². The van der Waals surface area contributed by atoms with Crippen molar-refractivity contribution in [3.63, 3.8) is 0 Å². The van der Waals surface area contributed by atoms with Crippen LogP contribution < -0.4 is 5.32 Å². The number of carbonyl (C=O) groups excluding carboxylic acids is 1. The van der Waals surface area contributed by atoms with Crippen LogP contribution in [0.15, 0.2) is 30.5 Å². The fourth-order valence-electron chi connectivity index (χ4n) is 1.71. The molecule has 0 aliphatic heterocycles. The molecule has 1 amide bonds. The maximum absolute atomic E-state index is 11.9. The van der Waals surface area contributed by atoms with Crippen LogP contribution in [0.5, 0.6) is 0 Å². The Labute approximate surface area is 127 Å². The quantitative estimate of drug-likeness (QED) is 0.852. The second-order valence-corrected chi connectivity index (χ2v) is 5.55. The molecule has 0 aliphatic rings. The first-order valence-electron chi connectivity index (χ1n) is 6.58. The molecule has 0 saturated carbocycles. The van der Waals surface area contributed by atoms with Gasteiger partial charge in [0.25, 0.3) is 0 Å². The monoisotopic (exact) mass is 300 g/mol. The van der Waals surface area contributed by atoms with Gasteiger partial charge in [-0.3, -0.25) is 4.79 Å². The maximum atomic E-state index is 11.9. The molecule has 0 saturated heterocycles. The van der Waals surface area contributed by atoms with Crippen LogP contribution in [0.1, 0.15) is 22.4 Å². The number of thiazole rings is 1. The van der Waals surface area contributed by atoms with Gasteiger partial charge in [-0.15, -0.1) is 0 Å². The largest absolute Gasteiger partial charge is 0.384 e. The summed E-state index contributed by atoms with van der Waals surface area (Å²) in [6, 6.07) is 8.16. The molecule has 2 rings (SSSR count). The van der Waals surface area contributed by atoms with E-state index in [1.165, 1.54) is 16.9 Å². The normalized spacial score (nSPS) is 9.81. The molecule has 108 valence electrons. The summed E-state index contributed by atoms with van der Waals surface area (Å²) in [5.41, 5.74) is 2.35. The molecular weight excluding hydrogens is 284 g/mol. The smallest absolute Gasteiger partial charge is 0.226 e. The third-order valence-corrected chi connectivity index (χ3v) is 3.63.